The Labute approximate surface area is 120 Å². The van der Waals surface area contributed by atoms with Crippen LogP contribution in [0.1, 0.15) is 21.5 Å². The van der Waals surface area contributed by atoms with E-state index in [1.807, 2.05) is 6.07 Å². The van der Waals surface area contributed by atoms with Gasteiger partial charge in [0.2, 0.25) is 0 Å². The van der Waals surface area contributed by atoms with E-state index in [1.54, 1.807) is 24.3 Å². The first-order valence-corrected chi connectivity index (χ1v) is 6.21. The van der Waals surface area contributed by atoms with E-state index >= 15 is 0 Å². The number of rotatable bonds is 3. The van der Waals surface area contributed by atoms with Crippen molar-refractivity contribution in [2.45, 2.75) is 6.54 Å². The molecular formula is C15H10ClFN2O. The summed E-state index contributed by atoms with van der Waals surface area (Å²) in [5.74, 6) is -1.25. The summed E-state index contributed by atoms with van der Waals surface area (Å²) in [5, 5.41) is 11.4. The van der Waals surface area contributed by atoms with E-state index in [0.29, 0.717) is 5.56 Å². The van der Waals surface area contributed by atoms with Crippen LogP contribution in [0.4, 0.5) is 4.39 Å². The van der Waals surface area contributed by atoms with Gasteiger partial charge in [0.05, 0.1) is 22.2 Å². The molecule has 3 nitrogen and oxygen atoms in total. The molecule has 0 heterocycles. The number of halogens is 2. The van der Waals surface area contributed by atoms with E-state index in [2.05, 4.69) is 5.32 Å². The maximum Gasteiger partial charge on any atom is 0.256 e. The van der Waals surface area contributed by atoms with Crippen LogP contribution in [0, 0.1) is 17.1 Å². The van der Waals surface area contributed by atoms with Crippen LogP contribution in [0.15, 0.2) is 42.5 Å². The minimum atomic E-state index is -0.666. The minimum Gasteiger partial charge on any atom is -0.348 e. The van der Waals surface area contributed by atoms with Gasteiger partial charge in [-0.1, -0.05) is 29.8 Å². The summed E-state index contributed by atoms with van der Waals surface area (Å²) < 4.78 is 13.6. The SMILES string of the molecule is N#Cc1cccc(CNC(=O)c2c(F)cccc2Cl)c1. The summed E-state index contributed by atoms with van der Waals surface area (Å²) in [5.41, 5.74) is 1.08. The summed E-state index contributed by atoms with van der Waals surface area (Å²) in [6.45, 7) is 0.193. The molecule has 5 heteroatoms. The zero-order valence-electron chi connectivity index (χ0n) is 10.4. The van der Waals surface area contributed by atoms with E-state index in [1.165, 1.54) is 18.2 Å². The van der Waals surface area contributed by atoms with Crippen molar-refractivity contribution in [2.75, 3.05) is 0 Å². The highest BCUT2D eigenvalue weighted by Gasteiger charge is 2.15. The van der Waals surface area contributed by atoms with Gasteiger partial charge in [-0.3, -0.25) is 4.79 Å². The molecule has 0 saturated carbocycles. The predicted octanol–water partition coefficient (Wildman–Crippen LogP) is 3.28. The average Bonchev–Trinajstić information content (AvgIpc) is 2.45. The Morgan fingerprint density at radius 2 is 2.05 bits per heavy atom. The number of carbonyl (C=O) groups excluding carboxylic acids is 1. The lowest BCUT2D eigenvalue weighted by molar-refractivity contribution is 0.0947. The molecule has 2 rings (SSSR count). The predicted molar refractivity (Wildman–Crippen MR) is 73.7 cm³/mol. The number of nitriles is 1. The van der Waals surface area contributed by atoms with Gasteiger partial charge in [-0.15, -0.1) is 0 Å². The summed E-state index contributed by atoms with van der Waals surface area (Å²) in [6.07, 6.45) is 0. The lowest BCUT2D eigenvalue weighted by Crippen LogP contribution is -2.24. The molecule has 100 valence electrons. The number of amides is 1. The van der Waals surface area contributed by atoms with E-state index < -0.39 is 11.7 Å². The van der Waals surface area contributed by atoms with E-state index in [-0.39, 0.29) is 17.1 Å². The molecule has 0 aliphatic rings. The van der Waals surface area contributed by atoms with Crippen LogP contribution >= 0.6 is 11.6 Å². The van der Waals surface area contributed by atoms with E-state index in [4.69, 9.17) is 16.9 Å². The highest BCUT2D eigenvalue weighted by atomic mass is 35.5. The molecule has 20 heavy (non-hydrogen) atoms. The zero-order chi connectivity index (χ0) is 14.5. The van der Waals surface area contributed by atoms with Gasteiger partial charge >= 0.3 is 0 Å². The molecule has 0 radical (unpaired) electrons. The number of nitrogens with zero attached hydrogens (tertiary/aromatic N) is 1. The molecule has 0 spiro atoms. The standard InChI is InChI=1S/C15H10ClFN2O/c16-12-5-2-6-13(17)14(12)15(20)19-9-11-4-1-3-10(7-11)8-18/h1-7H,9H2,(H,19,20). The lowest BCUT2D eigenvalue weighted by atomic mass is 10.1. The number of carbonyl (C=O) groups is 1. The Morgan fingerprint density at radius 3 is 2.75 bits per heavy atom. The number of benzene rings is 2. The highest BCUT2D eigenvalue weighted by Crippen LogP contribution is 2.18. The Morgan fingerprint density at radius 1 is 1.30 bits per heavy atom. The van der Waals surface area contributed by atoms with Crippen molar-refractivity contribution in [2.24, 2.45) is 0 Å². The van der Waals surface area contributed by atoms with Gasteiger partial charge in [-0.2, -0.15) is 5.26 Å². The van der Waals surface area contributed by atoms with Crippen molar-refractivity contribution in [3.05, 3.63) is 70.0 Å². The lowest BCUT2D eigenvalue weighted by Gasteiger charge is -2.08. The van der Waals surface area contributed by atoms with Crippen molar-refractivity contribution in [1.29, 1.82) is 5.26 Å². The molecule has 1 amide bonds. The zero-order valence-corrected chi connectivity index (χ0v) is 11.1. The highest BCUT2D eigenvalue weighted by molar-refractivity contribution is 6.33. The molecule has 1 N–H and O–H groups in total. The van der Waals surface area contributed by atoms with E-state index in [0.717, 1.165) is 5.56 Å². The van der Waals surface area contributed by atoms with Gasteiger partial charge in [0.25, 0.3) is 5.91 Å². The third kappa shape index (κ3) is 3.14. The fraction of sp³-hybridized carbons (Fsp3) is 0.0667. The summed E-state index contributed by atoms with van der Waals surface area (Å²) in [7, 11) is 0. The molecule has 0 saturated heterocycles. The van der Waals surface area contributed by atoms with Crippen LogP contribution < -0.4 is 5.32 Å². The first-order chi connectivity index (χ1) is 9.61. The van der Waals surface area contributed by atoms with Crippen LogP contribution in [-0.2, 0) is 6.54 Å². The second-order valence-electron chi connectivity index (χ2n) is 4.09. The second-order valence-corrected chi connectivity index (χ2v) is 4.50. The molecule has 0 bridgehead atoms. The summed E-state index contributed by atoms with van der Waals surface area (Å²) >= 11 is 5.81. The molecular weight excluding hydrogens is 279 g/mol. The third-order valence-electron chi connectivity index (χ3n) is 2.70. The van der Waals surface area contributed by atoms with Gasteiger partial charge in [-0.25, -0.2) is 4.39 Å². The quantitative estimate of drug-likeness (QED) is 0.942. The van der Waals surface area contributed by atoms with Crippen LogP contribution in [0.2, 0.25) is 5.02 Å². The van der Waals surface area contributed by atoms with E-state index in [9.17, 15) is 9.18 Å². The van der Waals surface area contributed by atoms with Crippen molar-refractivity contribution in [3.8, 4) is 6.07 Å². The Hall–Kier alpha value is -2.38. The molecule has 0 fully saturated rings. The average molecular weight is 289 g/mol. The third-order valence-corrected chi connectivity index (χ3v) is 3.01. The first-order valence-electron chi connectivity index (χ1n) is 5.83. The van der Waals surface area contributed by atoms with Crippen LogP contribution in [-0.4, -0.2) is 5.91 Å². The number of nitrogens with one attached hydrogen (secondary N) is 1. The van der Waals surface area contributed by atoms with Crippen molar-refractivity contribution < 1.29 is 9.18 Å². The minimum absolute atomic E-state index is 0.0632. The summed E-state index contributed by atoms with van der Waals surface area (Å²) in [6, 6.07) is 12.9. The topological polar surface area (TPSA) is 52.9 Å². The van der Waals surface area contributed by atoms with Gasteiger partial charge < -0.3 is 5.32 Å². The van der Waals surface area contributed by atoms with Gasteiger partial charge in [0.1, 0.15) is 5.82 Å². The molecule has 0 aromatic heterocycles. The number of hydrogen-bond acceptors (Lipinski definition) is 2. The molecule has 0 aliphatic carbocycles. The summed E-state index contributed by atoms with van der Waals surface area (Å²) in [4.78, 5) is 11.9. The van der Waals surface area contributed by atoms with Gasteiger partial charge in [-0.05, 0) is 29.8 Å². The number of hydrogen-bond donors (Lipinski definition) is 1. The van der Waals surface area contributed by atoms with Gasteiger partial charge in [0, 0.05) is 6.54 Å². The largest absolute Gasteiger partial charge is 0.348 e. The monoisotopic (exact) mass is 288 g/mol. The Balaban J connectivity index is 2.11. The fourth-order valence-corrected chi connectivity index (χ4v) is 1.99. The van der Waals surface area contributed by atoms with Crippen molar-refractivity contribution >= 4 is 17.5 Å². The smallest absolute Gasteiger partial charge is 0.256 e. The first kappa shape index (κ1) is 14.0. The van der Waals surface area contributed by atoms with Crippen LogP contribution in [0.5, 0.6) is 0 Å². The normalized spacial score (nSPS) is 9.85. The maximum atomic E-state index is 13.6. The fourth-order valence-electron chi connectivity index (χ4n) is 1.74. The molecule has 2 aromatic carbocycles. The second kappa shape index (κ2) is 6.18. The van der Waals surface area contributed by atoms with Crippen LogP contribution in [0.25, 0.3) is 0 Å². The molecule has 0 atom stereocenters. The van der Waals surface area contributed by atoms with Gasteiger partial charge in [0.15, 0.2) is 0 Å². The molecule has 0 aliphatic heterocycles. The Bertz CT molecular complexity index is 674. The van der Waals surface area contributed by atoms with Crippen LogP contribution in [0.3, 0.4) is 0 Å². The maximum absolute atomic E-state index is 13.6. The van der Waals surface area contributed by atoms with Crippen molar-refractivity contribution in [1.82, 2.24) is 5.32 Å². The Kier molecular flexibility index (Phi) is 4.34. The van der Waals surface area contributed by atoms with Crippen molar-refractivity contribution in [3.63, 3.8) is 0 Å². The molecule has 2 aromatic rings. The molecule has 0 unspecified atom stereocenters.